The fourth-order valence-electron chi connectivity index (χ4n) is 3.64. The molecule has 32 heavy (non-hydrogen) atoms. The third-order valence-corrected chi connectivity index (χ3v) is 5.60. The van der Waals surface area contributed by atoms with Gasteiger partial charge in [0.15, 0.2) is 0 Å². The number of hydrogen-bond acceptors (Lipinski definition) is 8. The van der Waals surface area contributed by atoms with Gasteiger partial charge < -0.3 is 19.9 Å². The first kappa shape index (κ1) is 24.2. The zero-order valence-corrected chi connectivity index (χ0v) is 19.2. The Morgan fingerprint density at radius 1 is 1.28 bits per heavy atom. The molecule has 3 rings (SSSR count). The maximum absolute atomic E-state index is 12.0. The van der Waals surface area contributed by atoms with Gasteiger partial charge in [0, 0.05) is 38.6 Å². The summed E-state index contributed by atoms with van der Waals surface area (Å²) >= 11 is 0. The zero-order valence-electron chi connectivity index (χ0n) is 19.2. The van der Waals surface area contributed by atoms with Gasteiger partial charge in [-0.15, -0.1) is 5.10 Å². The Bertz CT molecular complexity index is 841. The molecule has 0 fully saturated rings. The second-order valence-electron chi connectivity index (χ2n) is 8.76. The summed E-state index contributed by atoms with van der Waals surface area (Å²) in [7, 11) is 2.06. The van der Waals surface area contributed by atoms with Crippen molar-refractivity contribution in [2.75, 3.05) is 26.7 Å². The summed E-state index contributed by atoms with van der Waals surface area (Å²) in [6.07, 6.45) is 2.87. The largest absolute Gasteiger partial charge is 0.508 e. The van der Waals surface area contributed by atoms with Crippen molar-refractivity contribution in [3.05, 3.63) is 41.7 Å². The minimum absolute atomic E-state index is 0.0302. The van der Waals surface area contributed by atoms with Gasteiger partial charge in [-0.25, -0.2) is 0 Å². The molecule has 2 heterocycles. The highest BCUT2D eigenvalue weighted by Crippen LogP contribution is 2.15. The van der Waals surface area contributed by atoms with Crippen LogP contribution in [0.1, 0.15) is 37.9 Å². The number of aromatic hydroxyl groups is 1. The van der Waals surface area contributed by atoms with Crippen LogP contribution in [0.3, 0.4) is 0 Å². The molecule has 1 aliphatic rings. The Balaban J connectivity index is 1.65. The highest BCUT2D eigenvalue weighted by molar-refractivity contribution is 5.69. The summed E-state index contributed by atoms with van der Waals surface area (Å²) in [5.74, 6) is 0.305. The van der Waals surface area contributed by atoms with Crippen LogP contribution in [0.2, 0.25) is 0 Å². The van der Waals surface area contributed by atoms with E-state index in [1.165, 1.54) is 0 Å². The van der Waals surface area contributed by atoms with Crippen LogP contribution in [0, 0.1) is 5.92 Å². The number of nitrogens with zero attached hydrogens (tertiary/aromatic N) is 4. The summed E-state index contributed by atoms with van der Waals surface area (Å²) < 4.78 is 13.4. The minimum Gasteiger partial charge on any atom is -0.508 e. The number of rotatable bonds is 4. The quantitative estimate of drug-likeness (QED) is 0.689. The van der Waals surface area contributed by atoms with E-state index in [1.807, 2.05) is 25.3 Å². The molecule has 0 amide bonds. The van der Waals surface area contributed by atoms with Crippen LogP contribution in [0.4, 0.5) is 0 Å². The number of cyclic esters (lactones) is 1. The van der Waals surface area contributed by atoms with E-state index >= 15 is 0 Å². The van der Waals surface area contributed by atoms with Crippen molar-refractivity contribution in [3.63, 3.8) is 0 Å². The number of phenolic OH excluding ortho intramolecular Hbond substituents is 1. The lowest BCUT2D eigenvalue weighted by molar-refractivity contribution is -0.144. The van der Waals surface area contributed by atoms with E-state index in [0.29, 0.717) is 32.6 Å². The number of fused-ring (bicyclic) bond motifs is 2. The van der Waals surface area contributed by atoms with Crippen LogP contribution in [0.15, 0.2) is 30.5 Å². The third kappa shape index (κ3) is 7.89. The summed E-state index contributed by atoms with van der Waals surface area (Å²) in [4.78, 5) is 14.2. The normalized spacial score (nSPS) is 23.8. The molecular formula is C23H35N5O4. The van der Waals surface area contributed by atoms with Gasteiger partial charge in [-0.2, -0.15) is 0 Å². The molecule has 9 heteroatoms. The number of benzene rings is 1. The number of phenols is 1. The van der Waals surface area contributed by atoms with Gasteiger partial charge >= 0.3 is 5.97 Å². The number of carbonyl (C=O) groups is 1. The van der Waals surface area contributed by atoms with Gasteiger partial charge in [-0.05, 0) is 44.0 Å². The number of carbonyl (C=O) groups excluding carboxylic acids is 1. The Hall–Kier alpha value is -2.49. The molecule has 3 atom stereocenters. The van der Waals surface area contributed by atoms with Gasteiger partial charge in [-0.3, -0.25) is 14.4 Å². The second kappa shape index (κ2) is 11.9. The first-order valence-electron chi connectivity index (χ1n) is 11.2. The topological polar surface area (TPSA) is 102 Å². The molecule has 0 aliphatic carbocycles. The summed E-state index contributed by atoms with van der Waals surface area (Å²) in [5.41, 5.74) is 1.90. The summed E-state index contributed by atoms with van der Waals surface area (Å²) in [5, 5.41) is 21.3. The van der Waals surface area contributed by atoms with Crippen LogP contribution in [0.5, 0.6) is 5.75 Å². The highest BCUT2D eigenvalue weighted by atomic mass is 16.5. The molecule has 2 bridgehead atoms. The molecule has 1 aromatic heterocycles. The van der Waals surface area contributed by atoms with E-state index in [2.05, 4.69) is 34.5 Å². The molecule has 0 radical (unpaired) electrons. The van der Waals surface area contributed by atoms with Crippen LogP contribution >= 0.6 is 0 Å². The van der Waals surface area contributed by atoms with Crippen molar-refractivity contribution in [1.82, 2.24) is 25.2 Å². The number of nitrogens with one attached hydrogen (secondary N) is 1. The Morgan fingerprint density at radius 3 is 2.84 bits per heavy atom. The van der Waals surface area contributed by atoms with E-state index in [1.54, 1.807) is 16.8 Å². The van der Waals surface area contributed by atoms with Crippen molar-refractivity contribution in [3.8, 4) is 5.75 Å². The Labute approximate surface area is 189 Å². The van der Waals surface area contributed by atoms with Crippen molar-refractivity contribution < 1.29 is 19.4 Å². The van der Waals surface area contributed by atoms with Crippen molar-refractivity contribution >= 4 is 5.97 Å². The molecule has 0 saturated heterocycles. The molecule has 1 aromatic carbocycles. The van der Waals surface area contributed by atoms with E-state index in [0.717, 1.165) is 30.9 Å². The average molecular weight is 446 g/mol. The van der Waals surface area contributed by atoms with Gasteiger partial charge in [0.2, 0.25) is 0 Å². The fourth-order valence-corrected chi connectivity index (χ4v) is 3.64. The van der Waals surface area contributed by atoms with Crippen molar-refractivity contribution in [2.24, 2.45) is 5.92 Å². The number of hydrogen-bond donors (Lipinski definition) is 2. The summed E-state index contributed by atoms with van der Waals surface area (Å²) in [6.45, 7) is 7.76. The number of ether oxygens (including phenoxy) is 2. The lowest BCUT2D eigenvalue weighted by Crippen LogP contribution is -2.42. The lowest BCUT2D eigenvalue weighted by Gasteiger charge is -2.30. The zero-order chi connectivity index (χ0) is 22.9. The Kier molecular flexibility index (Phi) is 9.01. The first-order chi connectivity index (χ1) is 15.4. The molecule has 1 aliphatic heterocycles. The van der Waals surface area contributed by atoms with Gasteiger partial charge in [0.25, 0.3) is 0 Å². The summed E-state index contributed by atoms with van der Waals surface area (Å²) in [6, 6.07) is 7.33. The highest BCUT2D eigenvalue weighted by Gasteiger charge is 2.22. The predicted octanol–water partition coefficient (Wildman–Crippen LogP) is 1.95. The van der Waals surface area contributed by atoms with E-state index in [-0.39, 0.29) is 29.8 Å². The third-order valence-electron chi connectivity index (χ3n) is 5.60. The van der Waals surface area contributed by atoms with Crippen molar-refractivity contribution in [2.45, 2.75) is 58.5 Å². The van der Waals surface area contributed by atoms with Gasteiger partial charge in [-0.1, -0.05) is 24.3 Å². The predicted molar refractivity (Wildman–Crippen MR) is 120 cm³/mol. The molecule has 9 nitrogen and oxygen atoms in total. The maximum Gasteiger partial charge on any atom is 0.305 e. The number of aryl methyl sites for hydroxylation is 1. The van der Waals surface area contributed by atoms with Crippen LogP contribution in [-0.2, 0) is 34.0 Å². The number of aromatic nitrogens is 3. The van der Waals surface area contributed by atoms with Crippen molar-refractivity contribution in [1.29, 1.82) is 0 Å². The molecule has 0 unspecified atom stereocenters. The van der Waals surface area contributed by atoms with Gasteiger partial charge in [0.05, 0.1) is 18.9 Å². The van der Waals surface area contributed by atoms with Crippen LogP contribution in [0.25, 0.3) is 0 Å². The average Bonchev–Trinajstić information content (AvgIpc) is 3.22. The Morgan fingerprint density at radius 2 is 2.06 bits per heavy atom. The van der Waals surface area contributed by atoms with Crippen LogP contribution in [-0.4, -0.2) is 69.9 Å². The standard InChI is InChI=1S/C23H35N5O4/c1-17-11-24-18(2)15-32-23(30)5-4-10-28-13-20(25-26-28)16-31-22(17)14-27(3)12-19-6-8-21(29)9-7-19/h6-9,13,17-18,22,24,29H,4-5,10-12,14-16H2,1-3H3/t17-,18-,22-/m1/s1. The SMILES string of the molecule is C[C@@H]1COC(=O)CCCn2cc(nn2)CO[C@H](CN(C)Cc2ccc(O)cc2)[C@H](C)CN1. The lowest BCUT2D eigenvalue weighted by atomic mass is 10.0. The van der Waals surface area contributed by atoms with E-state index < -0.39 is 0 Å². The number of esters is 1. The molecule has 0 spiro atoms. The molecule has 2 aromatic rings. The molecular weight excluding hydrogens is 410 g/mol. The van der Waals surface area contributed by atoms with E-state index in [4.69, 9.17) is 9.47 Å². The molecule has 176 valence electrons. The minimum atomic E-state index is -0.184. The molecule has 2 N–H and O–H groups in total. The monoisotopic (exact) mass is 445 g/mol. The van der Waals surface area contributed by atoms with Crippen LogP contribution < -0.4 is 5.32 Å². The number of likely N-dealkylation sites (N-methyl/N-ethyl adjacent to an activating group) is 1. The smallest absolute Gasteiger partial charge is 0.305 e. The second-order valence-corrected chi connectivity index (χ2v) is 8.76. The van der Waals surface area contributed by atoms with E-state index in [9.17, 15) is 9.90 Å². The fraction of sp³-hybridized carbons (Fsp3) is 0.609. The van der Waals surface area contributed by atoms with Gasteiger partial charge in [0.1, 0.15) is 18.1 Å². The first-order valence-corrected chi connectivity index (χ1v) is 11.2. The molecule has 0 saturated carbocycles. The maximum atomic E-state index is 12.0.